The fourth-order valence-corrected chi connectivity index (χ4v) is 6.64. The highest BCUT2D eigenvalue weighted by Crippen LogP contribution is 2.46. The molecule has 5 amide bonds. The molecule has 0 bridgehead atoms. The van der Waals surface area contributed by atoms with Gasteiger partial charge in [0.15, 0.2) is 0 Å². The number of hydroxylamine groups is 2. The van der Waals surface area contributed by atoms with Gasteiger partial charge in [0.2, 0.25) is 17.7 Å². The molecule has 1 aliphatic heterocycles. The van der Waals surface area contributed by atoms with E-state index in [1.807, 2.05) is 31.2 Å². The number of rotatable bonds is 27. The standard InChI is InChI=1S/C42H56N4O13/c1-28(16-19-47)57-23-18-44-37(49)7-3-6-31(48)24-29-10-12-32-33-13-11-30(45-39(51)9-4-8-38(50)43-17-22-56-21-5-20-55-2)26-35(33)36(34(32)25-29)27-58-42(54)59-46-40(52)14-15-41(46)53/h10-13,25-26,28,36,47H,3-9,14-24,27H2,1-2H3,(H,43,50)(H,44,49)(H,45,51). The Balaban J connectivity index is 1.33. The van der Waals surface area contributed by atoms with Gasteiger partial charge in [-0.1, -0.05) is 29.3 Å². The van der Waals surface area contributed by atoms with Gasteiger partial charge in [0, 0.05) is 96.6 Å². The van der Waals surface area contributed by atoms with Crippen molar-refractivity contribution in [1.82, 2.24) is 15.7 Å². The predicted octanol–water partition coefficient (Wildman–Crippen LogP) is 3.48. The number of amides is 5. The number of ether oxygens (including phenoxy) is 4. The number of hydrogen-bond acceptors (Lipinski definition) is 13. The second kappa shape index (κ2) is 24.6. The van der Waals surface area contributed by atoms with Crippen LogP contribution in [-0.2, 0) is 59.0 Å². The minimum absolute atomic E-state index is 0.0290. The zero-order valence-electron chi connectivity index (χ0n) is 33.8. The third kappa shape index (κ3) is 15.5. The largest absolute Gasteiger partial charge is 0.533 e. The number of anilines is 1. The predicted molar refractivity (Wildman–Crippen MR) is 213 cm³/mol. The third-order valence-corrected chi connectivity index (χ3v) is 9.67. The van der Waals surface area contributed by atoms with Crippen molar-refractivity contribution in [2.75, 3.05) is 65.2 Å². The first kappa shape index (κ1) is 46.5. The Morgan fingerprint density at radius 1 is 0.797 bits per heavy atom. The molecule has 1 saturated heterocycles. The van der Waals surface area contributed by atoms with Gasteiger partial charge in [0.05, 0.1) is 19.3 Å². The fraction of sp³-hybridized carbons (Fsp3) is 0.548. The minimum Gasteiger partial charge on any atom is -0.432 e. The summed E-state index contributed by atoms with van der Waals surface area (Å²) in [4.78, 5) is 91.9. The van der Waals surface area contributed by atoms with Crippen molar-refractivity contribution < 1.29 is 62.5 Å². The van der Waals surface area contributed by atoms with Gasteiger partial charge in [0.25, 0.3) is 11.8 Å². The molecule has 0 spiro atoms. The summed E-state index contributed by atoms with van der Waals surface area (Å²) >= 11 is 0. The van der Waals surface area contributed by atoms with Crippen molar-refractivity contribution in [1.29, 1.82) is 0 Å². The lowest BCUT2D eigenvalue weighted by Crippen LogP contribution is -2.32. The number of nitrogens with one attached hydrogen (secondary N) is 3. The van der Waals surface area contributed by atoms with E-state index in [1.165, 1.54) is 0 Å². The van der Waals surface area contributed by atoms with E-state index in [1.54, 1.807) is 19.2 Å². The number of aliphatic hydroxyl groups is 1. The van der Waals surface area contributed by atoms with Gasteiger partial charge in [-0.3, -0.25) is 33.6 Å². The molecule has 0 radical (unpaired) electrons. The molecule has 2 aromatic carbocycles. The first-order valence-corrected chi connectivity index (χ1v) is 20.1. The van der Waals surface area contributed by atoms with Crippen LogP contribution in [0.15, 0.2) is 36.4 Å². The second-order valence-electron chi connectivity index (χ2n) is 14.3. The van der Waals surface area contributed by atoms with Gasteiger partial charge in [-0.05, 0) is 72.6 Å². The van der Waals surface area contributed by atoms with Gasteiger partial charge in [0.1, 0.15) is 12.4 Å². The Labute approximate surface area is 343 Å². The lowest BCUT2D eigenvalue weighted by atomic mass is 9.94. The Morgan fingerprint density at radius 3 is 2.14 bits per heavy atom. The monoisotopic (exact) mass is 824 g/mol. The molecule has 2 atom stereocenters. The number of nitrogens with zero attached hydrogens (tertiary/aromatic N) is 1. The number of carbonyl (C=O) groups excluding carboxylic acids is 7. The van der Waals surface area contributed by atoms with E-state index >= 15 is 0 Å². The summed E-state index contributed by atoms with van der Waals surface area (Å²) in [6.45, 7) is 4.19. The summed E-state index contributed by atoms with van der Waals surface area (Å²) in [5, 5.41) is 17.8. The van der Waals surface area contributed by atoms with Crippen molar-refractivity contribution in [3.8, 4) is 11.1 Å². The quantitative estimate of drug-likeness (QED) is 0.0576. The van der Waals surface area contributed by atoms with E-state index < -0.39 is 23.9 Å². The molecule has 1 fully saturated rings. The Morgan fingerprint density at radius 2 is 1.44 bits per heavy atom. The van der Waals surface area contributed by atoms with E-state index in [0.29, 0.717) is 75.1 Å². The van der Waals surface area contributed by atoms with Crippen LogP contribution in [0.2, 0.25) is 0 Å². The fourth-order valence-electron chi connectivity index (χ4n) is 6.64. The second-order valence-corrected chi connectivity index (χ2v) is 14.3. The number of carbonyl (C=O) groups is 7. The van der Waals surface area contributed by atoms with Gasteiger partial charge in [-0.15, -0.1) is 0 Å². The summed E-state index contributed by atoms with van der Waals surface area (Å²) in [7, 11) is 1.62. The van der Waals surface area contributed by atoms with Crippen LogP contribution >= 0.6 is 0 Å². The van der Waals surface area contributed by atoms with Crippen LogP contribution in [0.25, 0.3) is 11.1 Å². The zero-order valence-corrected chi connectivity index (χ0v) is 33.8. The highest BCUT2D eigenvalue weighted by Gasteiger charge is 2.35. The molecule has 0 saturated carbocycles. The lowest BCUT2D eigenvalue weighted by Gasteiger charge is -2.17. The first-order chi connectivity index (χ1) is 28.5. The van der Waals surface area contributed by atoms with Crippen LogP contribution in [0, 0.1) is 0 Å². The molecule has 59 heavy (non-hydrogen) atoms. The topological polar surface area (TPSA) is 225 Å². The van der Waals surface area contributed by atoms with Crippen LogP contribution in [0.5, 0.6) is 0 Å². The molecule has 2 unspecified atom stereocenters. The molecule has 4 rings (SSSR count). The van der Waals surface area contributed by atoms with E-state index in [9.17, 15) is 33.6 Å². The van der Waals surface area contributed by atoms with Crippen molar-refractivity contribution in [2.24, 2.45) is 0 Å². The Bertz CT molecular complexity index is 1770. The third-order valence-electron chi connectivity index (χ3n) is 9.67. The van der Waals surface area contributed by atoms with Crippen molar-refractivity contribution in [3.05, 3.63) is 53.1 Å². The maximum Gasteiger partial charge on any atom is 0.533 e. The van der Waals surface area contributed by atoms with Crippen LogP contribution in [0.4, 0.5) is 10.5 Å². The highest BCUT2D eigenvalue weighted by molar-refractivity contribution is 6.01. The molecular weight excluding hydrogens is 768 g/mol. The number of Topliss-reactive ketones (excluding diaryl/α,β-unsaturated/α-hetero) is 1. The van der Waals surface area contributed by atoms with Crippen molar-refractivity contribution >= 4 is 47.2 Å². The normalized spacial score (nSPS) is 14.7. The van der Waals surface area contributed by atoms with Gasteiger partial charge in [-0.2, -0.15) is 0 Å². The summed E-state index contributed by atoms with van der Waals surface area (Å²) in [6.07, 6.45) is 1.27. The summed E-state index contributed by atoms with van der Waals surface area (Å²) in [6, 6.07) is 10.9. The number of ketones is 1. The molecule has 1 heterocycles. The van der Waals surface area contributed by atoms with Crippen LogP contribution < -0.4 is 16.0 Å². The number of fused-ring (bicyclic) bond motifs is 3. The molecule has 0 aromatic heterocycles. The summed E-state index contributed by atoms with van der Waals surface area (Å²) < 4.78 is 21.3. The smallest absolute Gasteiger partial charge is 0.432 e. The molecule has 2 aliphatic rings. The Hall–Kier alpha value is -5.23. The van der Waals surface area contributed by atoms with Crippen LogP contribution in [0.1, 0.15) is 93.7 Å². The van der Waals surface area contributed by atoms with E-state index in [-0.39, 0.29) is 87.8 Å². The number of aliphatic hydroxyl groups excluding tert-OH is 1. The molecule has 1 aliphatic carbocycles. The molecule has 322 valence electrons. The van der Waals surface area contributed by atoms with Crippen molar-refractivity contribution in [2.45, 2.75) is 89.6 Å². The molecular formula is C42H56N4O13. The number of benzene rings is 2. The Kier molecular flexibility index (Phi) is 19.4. The number of imide groups is 1. The van der Waals surface area contributed by atoms with Gasteiger partial charge in [-0.25, -0.2) is 4.79 Å². The number of methoxy groups -OCH3 is 1. The minimum atomic E-state index is -1.23. The molecule has 17 nitrogen and oxygen atoms in total. The van der Waals surface area contributed by atoms with Crippen molar-refractivity contribution in [3.63, 3.8) is 0 Å². The number of hydrogen-bond donors (Lipinski definition) is 4. The van der Waals surface area contributed by atoms with Gasteiger partial charge < -0.3 is 40.0 Å². The summed E-state index contributed by atoms with van der Waals surface area (Å²) in [5.74, 6) is -2.56. The molecule has 2 aromatic rings. The molecule has 4 N–H and O–H groups in total. The maximum atomic E-state index is 13.0. The maximum absolute atomic E-state index is 13.0. The summed E-state index contributed by atoms with van der Waals surface area (Å²) in [5.41, 5.74) is 4.34. The highest BCUT2D eigenvalue weighted by atomic mass is 16.8. The SMILES string of the molecule is COCCCOCCNC(=O)CCCC(=O)Nc1ccc2c(c1)C(COC(=O)ON1C(=O)CCC1=O)c1cc(CC(=O)CCCC(=O)NCCOC(C)CCO)ccc1-2. The molecule has 17 heteroatoms. The zero-order chi connectivity index (χ0) is 42.6. The van der Waals surface area contributed by atoms with E-state index in [2.05, 4.69) is 16.0 Å². The average molecular weight is 825 g/mol. The average Bonchev–Trinajstić information content (AvgIpc) is 3.68. The van der Waals surface area contributed by atoms with E-state index in [4.69, 9.17) is 28.9 Å². The first-order valence-electron chi connectivity index (χ1n) is 20.1. The lowest BCUT2D eigenvalue weighted by molar-refractivity contribution is -0.177. The van der Waals surface area contributed by atoms with E-state index in [0.717, 1.165) is 28.7 Å². The van der Waals surface area contributed by atoms with Crippen LogP contribution in [-0.4, -0.2) is 118 Å². The van der Waals surface area contributed by atoms with Gasteiger partial charge >= 0.3 is 6.16 Å². The van der Waals surface area contributed by atoms with Crippen LogP contribution in [0.3, 0.4) is 0 Å².